The van der Waals surface area contributed by atoms with Gasteiger partial charge in [0.25, 0.3) is 5.89 Å². The zero-order chi connectivity index (χ0) is 19.9. The molecule has 1 aromatic heterocycles. The molecular weight excluding hydrogens is 404 g/mol. The van der Waals surface area contributed by atoms with Crippen molar-refractivity contribution in [2.24, 2.45) is 10.2 Å². The summed E-state index contributed by atoms with van der Waals surface area (Å²) < 4.78 is 28.3. The van der Waals surface area contributed by atoms with E-state index in [1.807, 2.05) is 12.1 Å². The molecule has 1 aliphatic heterocycles. The van der Waals surface area contributed by atoms with Gasteiger partial charge in [-0.3, -0.25) is 5.01 Å². The van der Waals surface area contributed by atoms with Gasteiger partial charge in [-0.15, -0.1) is 5.10 Å². The normalized spacial score (nSPS) is 17.0. The van der Waals surface area contributed by atoms with Crippen molar-refractivity contribution in [3.8, 4) is 0 Å². The van der Waals surface area contributed by atoms with Crippen LogP contribution in [0.25, 0.3) is 0 Å². The highest BCUT2D eigenvalue weighted by Gasteiger charge is 2.32. The quantitative estimate of drug-likeness (QED) is 0.662. The fourth-order valence-electron chi connectivity index (χ4n) is 2.96. The summed E-state index contributed by atoms with van der Waals surface area (Å²) in [6, 6.07) is 13.3. The highest BCUT2D eigenvalue weighted by atomic mass is 35.5. The minimum absolute atomic E-state index is 0.0207. The summed E-state index contributed by atoms with van der Waals surface area (Å²) in [6.07, 6.45) is 0.486. The van der Waals surface area contributed by atoms with Crippen molar-refractivity contribution in [1.82, 2.24) is 10.2 Å². The number of hydrogen-bond acceptors (Lipinski definition) is 8. The van der Waals surface area contributed by atoms with E-state index in [-0.39, 0.29) is 22.8 Å². The van der Waals surface area contributed by atoms with E-state index in [1.54, 1.807) is 29.3 Å². The monoisotopic (exact) mass is 418 g/mol. The Balaban J connectivity index is 1.74. The van der Waals surface area contributed by atoms with Gasteiger partial charge in [-0.1, -0.05) is 28.8 Å². The van der Waals surface area contributed by atoms with Gasteiger partial charge in [0, 0.05) is 11.4 Å². The van der Waals surface area contributed by atoms with Crippen molar-refractivity contribution in [3.63, 3.8) is 0 Å². The number of hydrogen-bond donors (Lipinski definition) is 2. The SMILES string of the molecule is Nc1nnc(C2=NN(c3ccc(S(N)(=O)=O)cc3)C(c3ccc(Cl)cc3)C2)o1. The molecule has 0 saturated heterocycles. The number of aromatic nitrogens is 2. The molecule has 0 aliphatic carbocycles. The average molecular weight is 419 g/mol. The molecule has 3 aromatic rings. The Hall–Kier alpha value is -2.95. The molecule has 0 spiro atoms. The molecule has 9 nitrogen and oxygen atoms in total. The molecule has 0 bridgehead atoms. The molecule has 2 heterocycles. The third kappa shape index (κ3) is 3.57. The van der Waals surface area contributed by atoms with Gasteiger partial charge in [0.2, 0.25) is 10.0 Å². The molecule has 0 saturated carbocycles. The predicted octanol–water partition coefficient (Wildman–Crippen LogP) is 2.31. The smallest absolute Gasteiger partial charge is 0.313 e. The molecule has 4 N–H and O–H groups in total. The van der Waals surface area contributed by atoms with Crippen LogP contribution in [0.5, 0.6) is 0 Å². The first kappa shape index (κ1) is 18.4. The number of nitrogens with two attached hydrogens (primary N) is 2. The van der Waals surface area contributed by atoms with Crippen LogP contribution >= 0.6 is 11.6 Å². The molecule has 2 aromatic carbocycles. The van der Waals surface area contributed by atoms with Gasteiger partial charge in [0.05, 0.1) is 16.6 Å². The predicted molar refractivity (Wildman–Crippen MR) is 104 cm³/mol. The number of nitrogens with zero attached hydrogens (tertiary/aromatic N) is 4. The van der Waals surface area contributed by atoms with E-state index in [4.69, 9.17) is 26.9 Å². The van der Waals surface area contributed by atoms with Crippen LogP contribution < -0.4 is 15.9 Å². The Morgan fingerprint density at radius 3 is 2.32 bits per heavy atom. The zero-order valence-corrected chi connectivity index (χ0v) is 15.9. The van der Waals surface area contributed by atoms with E-state index in [0.717, 1.165) is 5.56 Å². The lowest BCUT2D eigenvalue weighted by atomic mass is 10.0. The van der Waals surface area contributed by atoms with Crippen LogP contribution in [0.15, 0.2) is 62.9 Å². The first-order valence-corrected chi connectivity index (χ1v) is 10.1. The summed E-state index contributed by atoms with van der Waals surface area (Å²) in [5, 5.41) is 19.7. The highest BCUT2D eigenvalue weighted by Crippen LogP contribution is 2.37. The first-order chi connectivity index (χ1) is 13.3. The summed E-state index contributed by atoms with van der Waals surface area (Å²) in [5.74, 6) is 0.236. The number of halogens is 1. The molecule has 1 aliphatic rings. The third-order valence-electron chi connectivity index (χ3n) is 4.28. The number of nitrogen functional groups attached to an aromatic ring is 1. The lowest BCUT2D eigenvalue weighted by Crippen LogP contribution is -2.19. The van der Waals surface area contributed by atoms with Gasteiger partial charge < -0.3 is 10.2 Å². The molecule has 28 heavy (non-hydrogen) atoms. The van der Waals surface area contributed by atoms with E-state index >= 15 is 0 Å². The lowest BCUT2D eigenvalue weighted by molar-refractivity contribution is 0.561. The van der Waals surface area contributed by atoms with Crippen LogP contribution in [0.1, 0.15) is 23.9 Å². The van der Waals surface area contributed by atoms with Crippen LogP contribution in [0.2, 0.25) is 5.02 Å². The number of rotatable bonds is 4. The molecule has 4 rings (SSSR count). The van der Waals surface area contributed by atoms with E-state index in [9.17, 15) is 8.42 Å². The summed E-state index contributed by atoms with van der Waals surface area (Å²) >= 11 is 6.00. The second-order valence-corrected chi connectivity index (χ2v) is 8.14. The van der Waals surface area contributed by atoms with Crippen molar-refractivity contribution in [1.29, 1.82) is 0 Å². The second-order valence-electron chi connectivity index (χ2n) is 6.15. The number of anilines is 2. The Morgan fingerprint density at radius 1 is 1.07 bits per heavy atom. The fraction of sp³-hybridized carbons (Fsp3) is 0.118. The van der Waals surface area contributed by atoms with Gasteiger partial charge in [-0.2, -0.15) is 5.10 Å². The summed E-state index contributed by atoms with van der Waals surface area (Å²) in [6.45, 7) is 0. The lowest BCUT2D eigenvalue weighted by Gasteiger charge is -2.24. The second kappa shape index (κ2) is 6.89. The van der Waals surface area contributed by atoms with Crippen LogP contribution in [-0.4, -0.2) is 24.3 Å². The van der Waals surface area contributed by atoms with Crippen LogP contribution in [0, 0.1) is 0 Å². The van der Waals surface area contributed by atoms with Gasteiger partial charge >= 0.3 is 6.01 Å². The van der Waals surface area contributed by atoms with Gasteiger partial charge in [-0.25, -0.2) is 13.6 Å². The van der Waals surface area contributed by atoms with Gasteiger partial charge in [0.15, 0.2) is 0 Å². The highest BCUT2D eigenvalue weighted by molar-refractivity contribution is 7.89. The maximum absolute atomic E-state index is 11.5. The maximum atomic E-state index is 11.5. The van der Waals surface area contributed by atoms with Crippen LogP contribution in [0.3, 0.4) is 0 Å². The minimum Gasteiger partial charge on any atom is -0.402 e. The fourth-order valence-corrected chi connectivity index (χ4v) is 3.60. The molecule has 144 valence electrons. The van der Waals surface area contributed by atoms with E-state index < -0.39 is 10.0 Å². The number of hydrazone groups is 1. The molecule has 0 fully saturated rings. The van der Waals surface area contributed by atoms with E-state index in [1.165, 1.54) is 12.1 Å². The number of benzene rings is 2. The van der Waals surface area contributed by atoms with Crippen LogP contribution in [0.4, 0.5) is 11.7 Å². The summed E-state index contributed by atoms with van der Waals surface area (Å²) in [4.78, 5) is 0.0207. The van der Waals surface area contributed by atoms with Crippen molar-refractivity contribution in [3.05, 3.63) is 65.0 Å². The molecule has 11 heteroatoms. The largest absolute Gasteiger partial charge is 0.402 e. The maximum Gasteiger partial charge on any atom is 0.313 e. The van der Waals surface area contributed by atoms with E-state index in [0.29, 0.717) is 22.8 Å². The van der Waals surface area contributed by atoms with Crippen molar-refractivity contribution in [2.75, 3.05) is 10.7 Å². The molecule has 1 unspecified atom stereocenters. The third-order valence-corrected chi connectivity index (χ3v) is 5.46. The molecule has 1 atom stereocenters. The van der Waals surface area contributed by atoms with Crippen molar-refractivity contribution < 1.29 is 12.8 Å². The zero-order valence-electron chi connectivity index (χ0n) is 14.4. The number of primary sulfonamides is 1. The van der Waals surface area contributed by atoms with Gasteiger partial charge in [-0.05, 0) is 42.0 Å². The average Bonchev–Trinajstić information content (AvgIpc) is 3.28. The Kier molecular flexibility index (Phi) is 4.53. The Bertz CT molecular complexity index is 1140. The summed E-state index contributed by atoms with van der Waals surface area (Å²) in [7, 11) is -3.78. The minimum atomic E-state index is -3.78. The van der Waals surface area contributed by atoms with E-state index in [2.05, 4.69) is 15.3 Å². The number of sulfonamides is 1. The summed E-state index contributed by atoms with van der Waals surface area (Å²) in [5.41, 5.74) is 7.73. The topological polar surface area (TPSA) is 141 Å². The van der Waals surface area contributed by atoms with Crippen LogP contribution in [-0.2, 0) is 10.0 Å². The Labute approximate surface area is 165 Å². The molecule has 0 amide bonds. The molecular formula is C17H15ClN6O3S. The Morgan fingerprint density at radius 2 is 1.75 bits per heavy atom. The van der Waals surface area contributed by atoms with Crippen molar-refractivity contribution >= 4 is 39.0 Å². The standard InChI is InChI=1S/C17H15ClN6O3S/c18-11-3-1-10(2-4-11)15-9-14(16-21-22-17(19)27-16)23-24(15)12-5-7-13(8-6-12)28(20,25)26/h1-8,15H,9H2,(H2,19,22)(H2,20,25,26). The van der Waals surface area contributed by atoms with Gasteiger partial charge in [0.1, 0.15) is 5.71 Å². The molecule has 0 radical (unpaired) electrons. The first-order valence-electron chi connectivity index (χ1n) is 8.15. The van der Waals surface area contributed by atoms with Crippen molar-refractivity contribution in [2.45, 2.75) is 17.4 Å².